The Morgan fingerprint density at radius 3 is 2.67 bits per heavy atom. The first-order chi connectivity index (χ1) is 7.33. The van der Waals surface area contributed by atoms with Crippen LogP contribution >= 0.6 is 0 Å². The highest BCUT2D eigenvalue weighted by Crippen LogP contribution is 2.33. The van der Waals surface area contributed by atoms with Gasteiger partial charge in [-0.1, -0.05) is 31.6 Å². The van der Waals surface area contributed by atoms with Gasteiger partial charge in [0.2, 0.25) is 6.79 Å². The summed E-state index contributed by atoms with van der Waals surface area (Å²) in [6, 6.07) is 6.07. The molecular formula is C13H16O2. The number of rotatable bonds is 3. The maximum absolute atomic E-state index is 5.34. The fraction of sp³-hybridized carbons (Fsp3) is 0.385. The Balaban J connectivity index is 2.26. The number of benzene rings is 1. The van der Waals surface area contributed by atoms with Crippen molar-refractivity contribution in [1.82, 2.24) is 0 Å². The number of fused-ring (bicyclic) bond motifs is 1. The van der Waals surface area contributed by atoms with Gasteiger partial charge in [0.1, 0.15) is 0 Å². The molecule has 0 N–H and O–H groups in total. The van der Waals surface area contributed by atoms with Gasteiger partial charge >= 0.3 is 0 Å². The lowest BCUT2D eigenvalue weighted by Gasteiger charge is -2.02. The van der Waals surface area contributed by atoms with Crippen LogP contribution in [0.1, 0.15) is 32.3 Å². The van der Waals surface area contributed by atoms with E-state index in [1.165, 1.54) is 11.1 Å². The first-order valence-corrected chi connectivity index (χ1v) is 5.42. The Bertz CT molecular complexity index is 374. The van der Waals surface area contributed by atoms with Gasteiger partial charge in [-0.15, -0.1) is 0 Å². The Hall–Kier alpha value is -1.44. The molecule has 2 rings (SSSR count). The van der Waals surface area contributed by atoms with Gasteiger partial charge in [0.15, 0.2) is 11.5 Å². The maximum Gasteiger partial charge on any atom is 0.231 e. The van der Waals surface area contributed by atoms with E-state index in [-0.39, 0.29) is 0 Å². The van der Waals surface area contributed by atoms with Crippen LogP contribution in [0.25, 0.3) is 6.08 Å². The van der Waals surface area contributed by atoms with Crippen LogP contribution in [0.2, 0.25) is 0 Å². The van der Waals surface area contributed by atoms with Crippen molar-refractivity contribution in [3.63, 3.8) is 0 Å². The van der Waals surface area contributed by atoms with Crippen LogP contribution in [-0.4, -0.2) is 6.79 Å². The third-order valence-corrected chi connectivity index (χ3v) is 2.68. The number of ether oxygens (including phenoxy) is 2. The summed E-state index contributed by atoms with van der Waals surface area (Å²) < 4.78 is 10.6. The van der Waals surface area contributed by atoms with Crippen LogP contribution in [0.15, 0.2) is 23.8 Å². The summed E-state index contributed by atoms with van der Waals surface area (Å²) in [4.78, 5) is 0. The molecule has 1 aliphatic heterocycles. The summed E-state index contributed by atoms with van der Waals surface area (Å²) in [7, 11) is 0. The van der Waals surface area contributed by atoms with E-state index in [1.54, 1.807) is 0 Å². The number of allylic oxidation sites excluding steroid dienone is 1. The van der Waals surface area contributed by atoms with Crippen molar-refractivity contribution >= 4 is 6.08 Å². The second kappa shape index (κ2) is 4.39. The monoisotopic (exact) mass is 204 g/mol. The summed E-state index contributed by atoms with van der Waals surface area (Å²) in [6.07, 6.45) is 4.43. The molecular weight excluding hydrogens is 188 g/mol. The Kier molecular flexibility index (Phi) is 2.95. The van der Waals surface area contributed by atoms with E-state index in [0.29, 0.717) is 6.79 Å². The third kappa shape index (κ3) is 2.14. The molecule has 0 aromatic heterocycles. The Morgan fingerprint density at radius 1 is 1.20 bits per heavy atom. The minimum Gasteiger partial charge on any atom is -0.454 e. The fourth-order valence-corrected chi connectivity index (χ4v) is 1.69. The minimum atomic E-state index is 0.344. The van der Waals surface area contributed by atoms with E-state index >= 15 is 0 Å². The highest BCUT2D eigenvalue weighted by atomic mass is 16.7. The van der Waals surface area contributed by atoms with Crippen LogP contribution in [0, 0.1) is 0 Å². The molecule has 0 radical (unpaired) electrons. The standard InChI is InChI=1S/C13H16O2/c1-3-10(4-2)7-11-5-6-12-13(8-11)15-9-14-12/h5-8H,3-4,9H2,1-2H3. The van der Waals surface area contributed by atoms with Gasteiger partial charge in [0.25, 0.3) is 0 Å². The van der Waals surface area contributed by atoms with Gasteiger partial charge in [0.05, 0.1) is 0 Å². The highest BCUT2D eigenvalue weighted by molar-refractivity contribution is 5.58. The van der Waals surface area contributed by atoms with Crippen molar-refractivity contribution in [2.24, 2.45) is 0 Å². The molecule has 2 heteroatoms. The summed E-state index contributed by atoms with van der Waals surface area (Å²) in [5.74, 6) is 1.71. The summed E-state index contributed by atoms with van der Waals surface area (Å²) >= 11 is 0. The number of hydrogen-bond acceptors (Lipinski definition) is 2. The average Bonchev–Trinajstić information content (AvgIpc) is 2.73. The molecule has 1 aromatic carbocycles. The van der Waals surface area contributed by atoms with E-state index in [2.05, 4.69) is 26.0 Å². The van der Waals surface area contributed by atoms with Crippen molar-refractivity contribution < 1.29 is 9.47 Å². The second-order valence-corrected chi connectivity index (χ2v) is 3.62. The predicted molar refractivity (Wildman–Crippen MR) is 61.1 cm³/mol. The molecule has 0 saturated heterocycles. The van der Waals surface area contributed by atoms with Crippen LogP contribution in [0.3, 0.4) is 0 Å². The lowest BCUT2D eigenvalue weighted by atomic mass is 10.1. The molecule has 0 aliphatic carbocycles. The van der Waals surface area contributed by atoms with Crippen molar-refractivity contribution in [3.05, 3.63) is 29.3 Å². The largest absolute Gasteiger partial charge is 0.454 e. The molecule has 1 aromatic rings. The average molecular weight is 204 g/mol. The minimum absolute atomic E-state index is 0.344. The fourth-order valence-electron chi connectivity index (χ4n) is 1.69. The van der Waals surface area contributed by atoms with E-state index in [4.69, 9.17) is 9.47 Å². The molecule has 15 heavy (non-hydrogen) atoms. The normalized spacial score (nSPS) is 12.7. The van der Waals surface area contributed by atoms with E-state index in [0.717, 1.165) is 24.3 Å². The Labute approximate surface area is 90.5 Å². The van der Waals surface area contributed by atoms with Crippen LogP contribution in [-0.2, 0) is 0 Å². The van der Waals surface area contributed by atoms with Crippen molar-refractivity contribution in [3.8, 4) is 11.5 Å². The molecule has 0 amide bonds. The van der Waals surface area contributed by atoms with Crippen molar-refractivity contribution in [2.45, 2.75) is 26.7 Å². The molecule has 1 heterocycles. The van der Waals surface area contributed by atoms with Crippen molar-refractivity contribution in [2.75, 3.05) is 6.79 Å². The van der Waals surface area contributed by atoms with Gasteiger partial charge in [-0.25, -0.2) is 0 Å². The van der Waals surface area contributed by atoms with Gasteiger partial charge in [-0.3, -0.25) is 0 Å². The first kappa shape index (κ1) is 10.1. The zero-order chi connectivity index (χ0) is 10.7. The highest BCUT2D eigenvalue weighted by Gasteiger charge is 2.12. The topological polar surface area (TPSA) is 18.5 Å². The smallest absolute Gasteiger partial charge is 0.231 e. The molecule has 80 valence electrons. The zero-order valence-corrected chi connectivity index (χ0v) is 9.25. The van der Waals surface area contributed by atoms with Crippen LogP contribution in [0.4, 0.5) is 0 Å². The predicted octanol–water partition coefficient (Wildman–Crippen LogP) is 3.62. The molecule has 0 spiro atoms. The summed E-state index contributed by atoms with van der Waals surface area (Å²) in [6.45, 7) is 4.71. The first-order valence-electron chi connectivity index (χ1n) is 5.42. The molecule has 0 bridgehead atoms. The Morgan fingerprint density at radius 2 is 1.93 bits per heavy atom. The third-order valence-electron chi connectivity index (χ3n) is 2.68. The number of hydrogen-bond donors (Lipinski definition) is 0. The van der Waals surface area contributed by atoms with E-state index in [1.807, 2.05) is 12.1 Å². The molecule has 0 saturated carbocycles. The second-order valence-electron chi connectivity index (χ2n) is 3.62. The maximum atomic E-state index is 5.34. The lowest BCUT2D eigenvalue weighted by Crippen LogP contribution is -1.92. The van der Waals surface area contributed by atoms with E-state index in [9.17, 15) is 0 Å². The lowest BCUT2D eigenvalue weighted by molar-refractivity contribution is 0.174. The van der Waals surface area contributed by atoms with Crippen LogP contribution < -0.4 is 9.47 Å². The molecule has 0 fully saturated rings. The zero-order valence-electron chi connectivity index (χ0n) is 9.25. The molecule has 1 aliphatic rings. The summed E-state index contributed by atoms with van der Waals surface area (Å²) in [5.41, 5.74) is 2.65. The SMILES string of the molecule is CCC(=Cc1ccc2c(c1)OCO2)CC. The van der Waals surface area contributed by atoms with Gasteiger partial charge in [-0.2, -0.15) is 0 Å². The molecule has 2 nitrogen and oxygen atoms in total. The quantitative estimate of drug-likeness (QED) is 0.748. The van der Waals surface area contributed by atoms with Gasteiger partial charge < -0.3 is 9.47 Å². The van der Waals surface area contributed by atoms with Gasteiger partial charge in [0, 0.05) is 0 Å². The summed E-state index contributed by atoms with van der Waals surface area (Å²) in [5, 5.41) is 0. The van der Waals surface area contributed by atoms with E-state index < -0.39 is 0 Å². The van der Waals surface area contributed by atoms with Crippen LogP contribution in [0.5, 0.6) is 11.5 Å². The molecule has 0 unspecified atom stereocenters. The van der Waals surface area contributed by atoms with Crippen molar-refractivity contribution in [1.29, 1.82) is 0 Å². The molecule has 0 atom stereocenters. The van der Waals surface area contributed by atoms with Gasteiger partial charge in [-0.05, 0) is 30.5 Å².